The maximum Gasteiger partial charge on any atom is 0.419 e. The van der Waals surface area contributed by atoms with Crippen molar-refractivity contribution < 1.29 is 27.2 Å². The molecule has 2 N–H and O–H groups in total. The van der Waals surface area contributed by atoms with Gasteiger partial charge in [0.25, 0.3) is 5.91 Å². The van der Waals surface area contributed by atoms with E-state index >= 15 is 0 Å². The number of amides is 2. The van der Waals surface area contributed by atoms with E-state index in [-0.39, 0.29) is 5.56 Å². The van der Waals surface area contributed by atoms with Crippen molar-refractivity contribution in [1.29, 1.82) is 0 Å². The number of hydrogen-bond donors (Lipinski definition) is 2. The summed E-state index contributed by atoms with van der Waals surface area (Å²) in [6, 6.07) is 0.977. The van der Waals surface area contributed by atoms with E-state index in [1.807, 2.05) is 0 Å². The Labute approximate surface area is 118 Å². The number of halogens is 4. The molecule has 8 heteroatoms. The average Bonchev–Trinajstić information content (AvgIpc) is 2.37. The van der Waals surface area contributed by atoms with Gasteiger partial charge < -0.3 is 10.6 Å². The lowest BCUT2D eigenvalue weighted by molar-refractivity contribution is -0.140. The largest absolute Gasteiger partial charge is 0.419 e. The Bertz CT molecular complexity index is 543. The predicted molar refractivity (Wildman–Crippen MR) is 67.0 cm³/mol. The average molecular weight is 306 g/mol. The van der Waals surface area contributed by atoms with Crippen LogP contribution in [-0.4, -0.2) is 24.4 Å². The maximum absolute atomic E-state index is 13.1. The number of likely N-dealkylation sites (N-methyl/N-ethyl adjacent to an activating group) is 1. The Balaban J connectivity index is 2.91. The molecule has 0 bridgehead atoms. The SMILES string of the molecule is CCNC(=O)C(C)NC(=O)c1ccc(F)c(C(F)(F)F)c1. The van der Waals surface area contributed by atoms with E-state index in [2.05, 4.69) is 10.6 Å². The molecule has 0 aromatic heterocycles. The molecule has 0 fully saturated rings. The fraction of sp³-hybridized carbons (Fsp3) is 0.385. The van der Waals surface area contributed by atoms with Crippen LogP contribution in [0.25, 0.3) is 0 Å². The highest BCUT2D eigenvalue weighted by Crippen LogP contribution is 2.31. The van der Waals surface area contributed by atoms with Crippen molar-refractivity contribution >= 4 is 11.8 Å². The van der Waals surface area contributed by atoms with Crippen LogP contribution in [0, 0.1) is 5.82 Å². The number of nitrogens with one attached hydrogen (secondary N) is 2. The summed E-state index contributed by atoms with van der Waals surface area (Å²) in [6.07, 6.45) is -4.90. The molecule has 116 valence electrons. The van der Waals surface area contributed by atoms with Gasteiger partial charge in [-0.2, -0.15) is 13.2 Å². The van der Waals surface area contributed by atoms with Crippen molar-refractivity contribution in [3.63, 3.8) is 0 Å². The van der Waals surface area contributed by atoms with Gasteiger partial charge in [0.05, 0.1) is 5.56 Å². The molecule has 1 aromatic rings. The number of hydrogen-bond acceptors (Lipinski definition) is 2. The van der Waals surface area contributed by atoms with Gasteiger partial charge >= 0.3 is 6.18 Å². The van der Waals surface area contributed by atoms with Crippen LogP contribution in [0.4, 0.5) is 17.6 Å². The Morgan fingerprint density at radius 3 is 2.43 bits per heavy atom. The third-order valence-electron chi connectivity index (χ3n) is 2.63. The Kier molecular flexibility index (Phi) is 5.28. The van der Waals surface area contributed by atoms with E-state index < -0.39 is 35.4 Å². The number of benzene rings is 1. The number of alkyl halides is 3. The lowest BCUT2D eigenvalue weighted by Crippen LogP contribution is -2.44. The Hall–Kier alpha value is -2.12. The summed E-state index contributed by atoms with van der Waals surface area (Å²) in [5.41, 5.74) is -1.90. The highest BCUT2D eigenvalue weighted by Gasteiger charge is 2.34. The monoisotopic (exact) mass is 306 g/mol. The molecule has 4 nitrogen and oxygen atoms in total. The van der Waals surface area contributed by atoms with Gasteiger partial charge in [0.2, 0.25) is 5.91 Å². The molecule has 1 unspecified atom stereocenters. The molecule has 0 heterocycles. The van der Waals surface area contributed by atoms with Crippen molar-refractivity contribution in [3.05, 3.63) is 35.1 Å². The molecule has 2 amide bonds. The molecule has 1 atom stereocenters. The third-order valence-corrected chi connectivity index (χ3v) is 2.63. The van der Waals surface area contributed by atoms with E-state index in [0.717, 1.165) is 6.07 Å². The van der Waals surface area contributed by atoms with E-state index in [1.165, 1.54) is 6.92 Å². The Morgan fingerprint density at radius 1 is 1.29 bits per heavy atom. The fourth-order valence-corrected chi connectivity index (χ4v) is 1.56. The first kappa shape index (κ1) is 16.9. The number of rotatable bonds is 4. The molecular formula is C13H14F4N2O2. The van der Waals surface area contributed by atoms with Gasteiger partial charge in [-0.15, -0.1) is 0 Å². The van der Waals surface area contributed by atoms with Gasteiger partial charge in [0, 0.05) is 12.1 Å². The second kappa shape index (κ2) is 6.55. The van der Waals surface area contributed by atoms with E-state index in [9.17, 15) is 27.2 Å². The summed E-state index contributed by atoms with van der Waals surface area (Å²) in [6.45, 7) is 3.42. The molecule has 0 aliphatic heterocycles. The first-order valence-corrected chi connectivity index (χ1v) is 6.12. The van der Waals surface area contributed by atoms with Crippen LogP contribution in [0.15, 0.2) is 18.2 Å². The van der Waals surface area contributed by atoms with Crippen LogP contribution in [0.2, 0.25) is 0 Å². The fourth-order valence-electron chi connectivity index (χ4n) is 1.56. The zero-order chi connectivity index (χ0) is 16.2. The summed E-state index contributed by atoms with van der Waals surface area (Å²) < 4.78 is 50.7. The molecule has 21 heavy (non-hydrogen) atoms. The lowest BCUT2D eigenvalue weighted by Gasteiger charge is -2.14. The van der Waals surface area contributed by atoms with Crippen molar-refractivity contribution in [2.45, 2.75) is 26.1 Å². The highest BCUT2D eigenvalue weighted by atomic mass is 19.4. The van der Waals surface area contributed by atoms with Gasteiger partial charge in [-0.25, -0.2) is 4.39 Å². The van der Waals surface area contributed by atoms with Crippen molar-refractivity contribution in [2.75, 3.05) is 6.54 Å². The van der Waals surface area contributed by atoms with Gasteiger partial charge in [-0.3, -0.25) is 9.59 Å². The van der Waals surface area contributed by atoms with Gasteiger partial charge in [-0.05, 0) is 32.0 Å². The molecule has 0 saturated heterocycles. The van der Waals surface area contributed by atoms with Gasteiger partial charge in [0.1, 0.15) is 11.9 Å². The molecule has 1 rings (SSSR count). The van der Waals surface area contributed by atoms with Crippen LogP contribution in [-0.2, 0) is 11.0 Å². The minimum Gasteiger partial charge on any atom is -0.355 e. The molecule has 1 aromatic carbocycles. The van der Waals surface area contributed by atoms with Gasteiger partial charge in [-0.1, -0.05) is 0 Å². The predicted octanol–water partition coefficient (Wildman–Crippen LogP) is 2.10. The van der Waals surface area contributed by atoms with E-state index in [1.54, 1.807) is 6.92 Å². The zero-order valence-corrected chi connectivity index (χ0v) is 11.3. The van der Waals surface area contributed by atoms with Crippen molar-refractivity contribution in [1.82, 2.24) is 10.6 Å². The highest BCUT2D eigenvalue weighted by molar-refractivity contribution is 5.97. The minimum atomic E-state index is -4.90. The van der Waals surface area contributed by atoms with Crippen LogP contribution in [0.5, 0.6) is 0 Å². The van der Waals surface area contributed by atoms with E-state index in [4.69, 9.17) is 0 Å². The van der Waals surface area contributed by atoms with Crippen LogP contribution < -0.4 is 10.6 Å². The Morgan fingerprint density at radius 2 is 1.90 bits per heavy atom. The lowest BCUT2D eigenvalue weighted by atomic mass is 10.1. The second-order valence-corrected chi connectivity index (χ2v) is 4.28. The molecule has 0 aliphatic rings. The molecule has 0 aliphatic carbocycles. The summed E-state index contributed by atoms with van der Waals surface area (Å²) in [7, 11) is 0. The smallest absolute Gasteiger partial charge is 0.355 e. The summed E-state index contributed by atoms with van der Waals surface area (Å²) >= 11 is 0. The first-order chi connectivity index (χ1) is 9.66. The number of carbonyl (C=O) groups excluding carboxylic acids is 2. The van der Waals surface area contributed by atoms with Gasteiger partial charge in [0.15, 0.2) is 0 Å². The minimum absolute atomic E-state index is 0.355. The zero-order valence-electron chi connectivity index (χ0n) is 11.3. The molecule has 0 radical (unpaired) electrons. The maximum atomic E-state index is 13.1. The summed E-state index contributed by atoms with van der Waals surface area (Å²) in [5, 5.41) is 4.69. The first-order valence-electron chi connectivity index (χ1n) is 6.12. The standard InChI is InChI=1S/C13H14F4N2O2/c1-3-18-11(20)7(2)19-12(21)8-4-5-10(14)9(6-8)13(15,16)17/h4-7H,3H2,1-2H3,(H,18,20)(H,19,21). The number of carbonyl (C=O) groups is 2. The normalized spacial score (nSPS) is 12.7. The molecular weight excluding hydrogens is 292 g/mol. The van der Waals surface area contributed by atoms with Crippen molar-refractivity contribution in [3.8, 4) is 0 Å². The molecule has 0 saturated carbocycles. The quantitative estimate of drug-likeness (QED) is 0.837. The topological polar surface area (TPSA) is 58.2 Å². The third kappa shape index (κ3) is 4.44. The summed E-state index contributed by atoms with van der Waals surface area (Å²) in [5.74, 6) is -2.82. The summed E-state index contributed by atoms with van der Waals surface area (Å²) in [4.78, 5) is 23.2. The van der Waals surface area contributed by atoms with Crippen LogP contribution >= 0.6 is 0 Å². The van der Waals surface area contributed by atoms with Crippen LogP contribution in [0.1, 0.15) is 29.8 Å². The van der Waals surface area contributed by atoms with Crippen LogP contribution in [0.3, 0.4) is 0 Å². The molecule has 0 spiro atoms. The van der Waals surface area contributed by atoms with Crippen molar-refractivity contribution in [2.24, 2.45) is 0 Å². The van der Waals surface area contributed by atoms with E-state index in [0.29, 0.717) is 18.7 Å². The second-order valence-electron chi connectivity index (χ2n) is 4.28.